The highest BCUT2D eigenvalue weighted by Crippen LogP contribution is 2.37. The van der Waals surface area contributed by atoms with Crippen LogP contribution in [0.5, 0.6) is 5.75 Å². The predicted molar refractivity (Wildman–Crippen MR) is 114 cm³/mol. The van der Waals surface area contributed by atoms with Crippen molar-refractivity contribution in [3.8, 4) is 16.9 Å². The van der Waals surface area contributed by atoms with E-state index in [1.54, 1.807) is 12.1 Å². The molecular formula is C23H21O5P. The zero-order valence-electron chi connectivity index (χ0n) is 15.7. The molecule has 0 heterocycles. The monoisotopic (exact) mass is 408 g/mol. The SMILES string of the molecule is O=C(O)CCCC(=O)OP(c1ccccc1)c1ccc(-c2ccccc2O)cc1. The largest absolute Gasteiger partial charge is 0.507 e. The van der Waals surface area contributed by atoms with Crippen molar-refractivity contribution in [3.63, 3.8) is 0 Å². The molecule has 148 valence electrons. The van der Waals surface area contributed by atoms with Crippen molar-refractivity contribution in [2.45, 2.75) is 19.3 Å². The molecule has 1 unspecified atom stereocenters. The Labute approximate surface area is 170 Å². The Kier molecular flexibility index (Phi) is 6.99. The summed E-state index contributed by atoms with van der Waals surface area (Å²) in [4.78, 5) is 22.9. The number of hydrogen-bond donors (Lipinski definition) is 2. The molecule has 0 saturated carbocycles. The summed E-state index contributed by atoms with van der Waals surface area (Å²) in [5.74, 6) is -1.13. The Bertz CT molecular complexity index is 970. The lowest BCUT2D eigenvalue weighted by Gasteiger charge is -2.18. The van der Waals surface area contributed by atoms with Gasteiger partial charge >= 0.3 is 11.9 Å². The second-order valence-electron chi connectivity index (χ2n) is 6.40. The Morgan fingerprint density at radius 3 is 2.07 bits per heavy atom. The van der Waals surface area contributed by atoms with Gasteiger partial charge in [-0.05, 0) is 18.1 Å². The number of phenols is 1. The summed E-state index contributed by atoms with van der Waals surface area (Å²) in [5.41, 5.74) is 1.59. The summed E-state index contributed by atoms with van der Waals surface area (Å²) >= 11 is 0. The summed E-state index contributed by atoms with van der Waals surface area (Å²) in [6.07, 6.45) is 0.250. The van der Waals surface area contributed by atoms with E-state index in [9.17, 15) is 14.7 Å². The van der Waals surface area contributed by atoms with Crippen molar-refractivity contribution in [1.82, 2.24) is 0 Å². The number of carboxylic acids is 1. The number of carbonyl (C=O) groups is 2. The van der Waals surface area contributed by atoms with Gasteiger partial charge in [0.2, 0.25) is 0 Å². The zero-order chi connectivity index (χ0) is 20.6. The highest BCUT2D eigenvalue weighted by molar-refractivity contribution is 7.69. The fraction of sp³-hybridized carbons (Fsp3) is 0.130. The van der Waals surface area contributed by atoms with Gasteiger partial charge in [0.05, 0.1) is 0 Å². The maximum absolute atomic E-state index is 12.3. The van der Waals surface area contributed by atoms with Crippen LogP contribution in [0.25, 0.3) is 11.1 Å². The van der Waals surface area contributed by atoms with Gasteiger partial charge in [-0.1, -0.05) is 72.8 Å². The number of aliphatic carboxylic acids is 1. The van der Waals surface area contributed by atoms with Crippen LogP contribution >= 0.6 is 8.15 Å². The minimum Gasteiger partial charge on any atom is -0.507 e. The third-order valence-electron chi connectivity index (χ3n) is 4.27. The number of phenolic OH excluding ortho intramolecular Hbond substituents is 1. The van der Waals surface area contributed by atoms with Crippen molar-refractivity contribution in [3.05, 3.63) is 78.9 Å². The third-order valence-corrected chi connectivity index (χ3v) is 6.19. The molecule has 0 aliphatic carbocycles. The molecule has 3 aromatic carbocycles. The van der Waals surface area contributed by atoms with E-state index in [4.69, 9.17) is 9.63 Å². The number of para-hydroxylation sites is 1. The van der Waals surface area contributed by atoms with Gasteiger partial charge in [0.15, 0.2) is 8.15 Å². The molecule has 3 aromatic rings. The van der Waals surface area contributed by atoms with Crippen LogP contribution in [0, 0.1) is 0 Å². The standard InChI is InChI=1S/C23H21O5P/c24-21-10-5-4-9-20(21)17-13-15-19(16-14-17)29(18-7-2-1-3-8-18)28-23(27)12-6-11-22(25)26/h1-5,7-10,13-16,24H,6,11-12H2,(H,25,26). The van der Waals surface area contributed by atoms with Crippen LogP contribution < -0.4 is 10.6 Å². The topological polar surface area (TPSA) is 83.8 Å². The smallest absolute Gasteiger partial charge is 0.309 e. The van der Waals surface area contributed by atoms with E-state index in [1.165, 1.54) is 0 Å². The van der Waals surface area contributed by atoms with E-state index in [2.05, 4.69) is 0 Å². The number of carbonyl (C=O) groups excluding carboxylic acids is 1. The van der Waals surface area contributed by atoms with Crippen LogP contribution in [0.2, 0.25) is 0 Å². The van der Waals surface area contributed by atoms with Gasteiger partial charge < -0.3 is 14.7 Å². The molecule has 0 aromatic heterocycles. The first-order chi connectivity index (χ1) is 14.0. The van der Waals surface area contributed by atoms with Crippen molar-refractivity contribution < 1.29 is 24.3 Å². The van der Waals surface area contributed by atoms with Crippen molar-refractivity contribution >= 4 is 30.7 Å². The molecule has 3 rings (SSSR count). The molecule has 0 spiro atoms. The second kappa shape index (κ2) is 9.85. The second-order valence-corrected chi connectivity index (χ2v) is 8.21. The van der Waals surface area contributed by atoms with Gasteiger partial charge in [-0.15, -0.1) is 0 Å². The predicted octanol–water partition coefficient (Wildman–Crippen LogP) is 4.21. The molecular weight excluding hydrogens is 387 g/mol. The lowest BCUT2D eigenvalue weighted by Crippen LogP contribution is -2.16. The molecule has 0 bridgehead atoms. The van der Waals surface area contributed by atoms with E-state index >= 15 is 0 Å². The first-order valence-corrected chi connectivity index (χ1v) is 10.5. The van der Waals surface area contributed by atoms with Gasteiger partial charge in [-0.2, -0.15) is 0 Å². The third kappa shape index (κ3) is 5.66. The van der Waals surface area contributed by atoms with Crippen LogP contribution in [0.1, 0.15) is 19.3 Å². The highest BCUT2D eigenvalue weighted by atomic mass is 31.1. The van der Waals surface area contributed by atoms with Gasteiger partial charge in [0.25, 0.3) is 0 Å². The van der Waals surface area contributed by atoms with Gasteiger partial charge in [0, 0.05) is 29.0 Å². The van der Waals surface area contributed by atoms with Gasteiger partial charge in [0.1, 0.15) is 5.75 Å². The average molecular weight is 408 g/mol. The fourth-order valence-electron chi connectivity index (χ4n) is 2.84. The van der Waals surface area contributed by atoms with Crippen LogP contribution in [0.4, 0.5) is 0 Å². The van der Waals surface area contributed by atoms with Gasteiger partial charge in [-0.25, -0.2) is 0 Å². The average Bonchev–Trinajstić information content (AvgIpc) is 2.73. The van der Waals surface area contributed by atoms with E-state index in [0.29, 0.717) is 0 Å². The van der Waals surface area contributed by atoms with E-state index in [-0.39, 0.29) is 25.0 Å². The molecule has 1 atom stereocenters. The fourth-order valence-corrected chi connectivity index (χ4v) is 4.51. The Hall–Kier alpha value is -3.17. The molecule has 0 amide bonds. The van der Waals surface area contributed by atoms with E-state index in [1.807, 2.05) is 66.7 Å². The number of aromatic hydroxyl groups is 1. The van der Waals surface area contributed by atoms with Crippen LogP contribution in [0.3, 0.4) is 0 Å². The Morgan fingerprint density at radius 1 is 0.793 bits per heavy atom. The van der Waals surface area contributed by atoms with Crippen molar-refractivity contribution in [2.24, 2.45) is 0 Å². The maximum Gasteiger partial charge on any atom is 0.309 e. The number of rotatable bonds is 8. The molecule has 0 saturated heterocycles. The normalized spacial score (nSPS) is 11.6. The maximum atomic E-state index is 12.3. The summed E-state index contributed by atoms with van der Waals surface area (Å²) in [6, 6.07) is 24.2. The number of benzene rings is 3. The first kappa shape index (κ1) is 20.6. The minimum absolute atomic E-state index is 0.0619. The van der Waals surface area contributed by atoms with Crippen LogP contribution in [0.15, 0.2) is 78.9 Å². The van der Waals surface area contributed by atoms with Crippen molar-refractivity contribution in [1.29, 1.82) is 0 Å². The van der Waals surface area contributed by atoms with Crippen molar-refractivity contribution in [2.75, 3.05) is 0 Å². The lowest BCUT2D eigenvalue weighted by molar-refractivity contribution is -0.137. The summed E-state index contributed by atoms with van der Waals surface area (Å²) in [5, 5.41) is 20.5. The first-order valence-electron chi connectivity index (χ1n) is 9.21. The minimum atomic E-state index is -1.37. The number of hydrogen-bond acceptors (Lipinski definition) is 4. The molecule has 0 aliphatic rings. The molecule has 29 heavy (non-hydrogen) atoms. The summed E-state index contributed by atoms with van der Waals surface area (Å²) in [7, 11) is -1.37. The molecule has 0 radical (unpaired) electrons. The summed E-state index contributed by atoms with van der Waals surface area (Å²) < 4.78 is 5.76. The molecule has 0 fully saturated rings. The van der Waals surface area contributed by atoms with E-state index in [0.717, 1.165) is 21.7 Å². The Balaban J connectivity index is 1.82. The lowest BCUT2D eigenvalue weighted by atomic mass is 10.1. The van der Waals surface area contributed by atoms with Gasteiger partial charge in [-0.3, -0.25) is 9.59 Å². The van der Waals surface area contributed by atoms with Crippen LogP contribution in [-0.4, -0.2) is 22.2 Å². The number of carboxylic acid groups (broad SMARTS) is 1. The summed E-state index contributed by atoms with van der Waals surface area (Å²) in [6.45, 7) is 0. The zero-order valence-corrected chi connectivity index (χ0v) is 16.6. The quantitative estimate of drug-likeness (QED) is 0.546. The Morgan fingerprint density at radius 2 is 1.41 bits per heavy atom. The molecule has 5 nitrogen and oxygen atoms in total. The van der Waals surface area contributed by atoms with E-state index < -0.39 is 20.1 Å². The van der Waals surface area contributed by atoms with Crippen LogP contribution in [-0.2, 0) is 14.1 Å². The molecule has 2 N–H and O–H groups in total. The highest BCUT2D eigenvalue weighted by Gasteiger charge is 2.20. The molecule has 6 heteroatoms. The molecule has 0 aliphatic heterocycles.